The molecular weight excluding hydrogens is 386 g/mol. The van der Waals surface area contributed by atoms with Gasteiger partial charge in [0.25, 0.3) is 5.91 Å². The van der Waals surface area contributed by atoms with Crippen molar-refractivity contribution < 1.29 is 4.79 Å². The fourth-order valence-corrected chi connectivity index (χ4v) is 3.30. The molecule has 3 aromatic rings. The summed E-state index contributed by atoms with van der Waals surface area (Å²) < 4.78 is 0. The maximum absolute atomic E-state index is 12.7. The monoisotopic (exact) mass is 406 g/mol. The molecule has 6 nitrogen and oxygen atoms in total. The average molecular weight is 407 g/mol. The molecule has 1 amide bonds. The average Bonchev–Trinajstić information content (AvgIpc) is 2.77. The Bertz CT molecular complexity index is 969. The van der Waals surface area contributed by atoms with Crippen LogP contribution in [0.15, 0.2) is 61.1 Å². The van der Waals surface area contributed by atoms with Crippen molar-refractivity contribution in [3.05, 3.63) is 78.1 Å². The van der Waals surface area contributed by atoms with Crippen LogP contribution in [0.3, 0.4) is 0 Å². The number of benzene rings is 1. The van der Waals surface area contributed by atoms with Crippen LogP contribution in [0.2, 0.25) is 5.02 Å². The van der Waals surface area contributed by atoms with Crippen molar-refractivity contribution in [1.29, 1.82) is 0 Å². The van der Waals surface area contributed by atoms with E-state index in [0.29, 0.717) is 22.0 Å². The second-order valence-electron chi connectivity index (χ2n) is 6.77. The van der Waals surface area contributed by atoms with E-state index in [2.05, 4.69) is 31.9 Å². The molecular formula is C22H21ClN5O. The third-order valence-electron chi connectivity index (χ3n) is 4.73. The SMILES string of the molecule is O=C(Nc1ccncc1Nc1ccc(Cl)cc1)c1ccc(N2CC[CH]CC2)nc1. The van der Waals surface area contributed by atoms with Gasteiger partial charge in [0.15, 0.2) is 0 Å². The van der Waals surface area contributed by atoms with Gasteiger partial charge in [0.2, 0.25) is 0 Å². The minimum Gasteiger partial charge on any atom is -0.357 e. The number of nitrogens with zero attached hydrogens (tertiary/aromatic N) is 3. The van der Waals surface area contributed by atoms with Crippen LogP contribution in [0.5, 0.6) is 0 Å². The van der Waals surface area contributed by atoms with Crippen molar-refractivity contribution in [3.63, 3.8) is 0 Å². The maximum atomic E-state index is 12.7. The first-order valence-electron chi connectivity index (χ1n) is 9.50. The second kappa shape index (κ2) is 8.92. The van der Waals surface area contributed by atoms with E-state index in [-0.39, 0.29) is 5.91 Å². The molecule has 3 heterocycles. The van der Waals surface area contributed by atoms with Gasteiger partial charge in [-0.25, -0.2) is 4.98 Å². The van der Waals surface area contributed by atoms with Crippen LogP contribution in [0.4, 0.5) is 22.9 Å². The number of halogens is 1. The number of nitrogens with one attached hydrogen (secondary N) is 2. The summed E-state index contributed by atoms with van der Waals surface area (Å²) in [5.74, 6) is 0.685. The number of piperidine rings is 1. The van der Waals surface area contributed by atoms with Crippen LogP contribution in [-0.2, 0) is 0 Å². The zero-order valence-corrected chi connectivity index (χ0v) is 16.6. The predicted molar refractivity (Wildman–Crippen MR) is 117 cm³/mol. The van der Waals surface area contributed by atoms with Gasteiger partial charge in [-0.2, -0.15) is 0 Å². The highest BCUT2D eigenvalue weighted by molar-refractivity contribution is 6.30. The summed E-state index contributed by atoms with van der Waals surface area (Å²) in [7, 11) is 0. The summed E-state index contributed by atoms with van der Waals surface area (Å²) in [6.45, 7) is 1.94. The van der Waals surface area contributed by atoms with E-state index in [1.165, 1.54) is 0 Å². The van der Waals surface area contributed by atoms with Gasteiger partial charge < -0.3 is 15.5 Å². The lowest BCUT2D eigenvalue weighted by Gasteiger charge is -2.27. The smallest absolute Gasteiger partial charge is 0.257 e. The first-order valence-corrected chi connectivity index (χ1v) is 9.87. The lowest BCUT2D eigenvalue weighted by atomic mass is 10.1. The van der Waals surface area contributed by atoms with Crippen LogP contribution < -0.4 is 15.5 Å². The highest BCUT2D eigenvalue weighted by Crippen LogP contribution is 2.26. The Morgan fingerprint density at radius 3 is 2.48 bits per heavy atom. The molecule has 1 fully saturated rings. The Hall–Kier alpha value is -3.12. The lowest BCUT2D eigenvalue weighted by Crippen LogP contribution is -2.30. The summed E-state index contributed by atoms with van der Waals surface area (Å²) in [5.41, 5.74) is 2.68. The van der Waals surface area contributed by atoms with Crippen LogP contribution in [0, 0.1) is 6.42 Å². The minimum absolute atomic E-state index is 0.221. The number of amides is 1. The Morgan fingerprint density at radius 1 is 0.966 bits per heavy atom. The molecule has 0 unspecified atom stereocenters. The van der Waals surface area contributed by atoms with Gasteiger partial charge in [-0.1, -0.05) is 11.6 Å². The Labute approximate surface area is 174 Å². The summed E-state index contributed by atoms with van der Waals surface area (Å²) in [6, 6.07) is 12.8. The molecule has 0 aliphatic carbocycles. The fourth-order valence-electron chi connectivity index (χ4n) is 3.17. The standard InChI is InChI=1S/C22H21ClN5O/c23-17-5-7-18(8-6-17)26-20-15-24-11-10-19(20)27-22(29)16-4-9-21(25-14-16)28-12-2-1-3-13-28/h1,4-11,14-15,26H,2-3,12-13H2,(H,24,27,29). The first-order chi connectivity index (χ1) is 14.2. The zero-order valence-electron chi connectivity index (χ0n) is 15.8. The van der Waals surface area contributed by atoms with Gasteiger partial charge >= 0.3 is 0 Å². The van der Waals surface area contributed by atoms with E-state index in [0.717, 1.165) is 37.4 Å². The van der Waals surface area contributed by atoms with Crippen LogP contribution in [0.1, 0.15) is 23.2 Å². The van der Waals surface area contributed by atoms with Gasteiger partial charge in [0.05, 0.1) is 23.1 Å². The van der Waals surface area contributed by atoms with Crippen molar-refractivity contribution in [3.8, 4) is 0 Å². The molecule has 0 atom stereocenters. The molecule has 147 valence electrons. The van der Waals surface area contributed by atoms with Crippen molar-refractivity contribution in [2.75, 3.05) is 28.6 Å². The number of hydrogen-bond acceptors (Lipinski definition) is 5. The highest BCUT2D eigenvalue weighted by Gasteiger charge is 2.14. The molecule has 1 aliphatic rings. The number of anilines is 4. The van der Waals surface area contributed by atoms with E-state index in [1.807, 2.05) is 24.3 Å². The van der Waals surface area contributed by atoms with E-state index in [9.17, 15) is 4.79 Å². The lowest BCUT2D eigenvalue weighted by molar-refractivity contribution is 0.102. The van der Waals surface area contributed by atoms with Gasteiger partial charge in [-0.3, -0.25) is 9.78 Å². The van der Waals surface area contributed by atoms with E-state index >= 15 is 0 Å². The number of carbonyl (C=O) groups is 1. The van der Waals surface area contributed by atoms with E-state index in [4.69, 9.17) is 11.6 Å². The first kappa shape index (κ1) is 19.2. The molecule has 4 rings (SSSR count). The summed E-state index contributed by atoms with van der Waals surface area (Å²) >= 11 is 5.94. The Balaban J connectivity index is 1.46. The van der Waals surface area contributed by atoms with Crippen molar-refractivity contribution in [1.82, 2.24) is 9.97 Å². The Kier molecular flexibility index (Phi) is 5.91. The topological polar surface area (TPSA) is 70.2 Å². The molecule has 1 radical (unpaired) electrons. The molecule has 2 aromatic heterocycles. The van der Waals surface area contributed by atoms with E-state index < -0.39 is 0 Å². The fraction of sp³-hybridized carbons (Fsp3) is 0.182. The number of carbonyl (C=O) groups excluding carboxylic acids is 1. The molecule has 0 bridgehead atoms. The summed E-state index contributed by atoms with van der Waals surface area (Å²) in [5, 5.41) is 6.84. The molecule has 2 N–H and O–H groups in total. The number of aromatic nitrogens is 2. The second-order valence-corrected chi connectivity index (χ2v) is 7.20. The van der Waals surface area contributed by atoms with Crippen molar-refractivity contribution in [2.24, 2.45) is 0 Å². The molecule has 0 saturated carbocycles. The highest BCUT2D eigenvalue weighted by atomic mass is 35.5. The van der Waals surface area contributed by atoms with Gasteiger partial charge in [-0.05, 0) is 61.7 Å². The van der Waals surface area contributed by atoms with Crippen LogP contribution >= 0.6 is 11.6 Å². The Morgan fingerprint density at radius 2 is 1.76 bits per heavy atom. The number of rotatable bonds is 5. The van der Waals surface area contributed by atoms with E-state index in [1.54, 1.807) is 36.8 Å². The summed E-state index contributed by atoms with van der Waals surface area (Å²) in [4.78, 5) is 23.6. The van der Waals surface area contributed by atoms with Crippen LogP contribution in [-0.4, -0.2) is 29.0 Å². The third-order valence-corrected chi connectivity index (χ3v) is 4.98. The molecule has 7 heteroatoms. The molecule has 29 heavy (non-hydrogen) atoms. The minimum atomic E-state index is -0.221. The molecule has 0 spiro atoms. The molecule has 1 aliphatic heterocycles. The quantitative estimate of drug-likeness (QED) is 0.628. The van der Waals surface area contributed by atoms with Gasteiger partial charge in [0.1, 0.15) is 5.82 Å². The molecule has 1 aromatic carbocycles. The van der Waals surface area contributed by atoms with Crippen molar-refractivity contribution in [2.45, 2.75) is 12.8 Å². The normalized spacial score (nSPS) is 13.8. The maximum Gasteiger partial charge on any atom is 0.257 e. The van der Waals surface area contributed by atoms with Gasteiger partial charge in [-0.15, -0.1) is 0 Å². The predicted octanol–water partition coefficient (Wildman–Crippen LogP) is 4.93. The third kappa shape index (κ3) is 4.84. The van der Waals surface area contributed by atoms with Crippen LogP contribution in [0.25, 0.3) is 0 Å². The number of hydrogen-bond donors (Lipinski definition) is 2. The number of pyridine rings is 2. The van der Waals surface area contributed by atoms with Gasteiger partial charge in [0, 0.05) is 36.2 Å². The largest absolute Gasteiger partial charge is 0.357 e. The van der Waals surface area contributed by atoms with Crippen molar-refractivity contribution >= 4 is 40.4 Å². The molecule has 1 saturated heterocycles. The zero-order chi connectivity index (χ0) is 20.1. The summed E-state index contributed by atoms with van der Waals surface area (Å²) in [6.07, 6.45) is 9.35.